The first kappa shape index (κ1) is 85.1. The first-order valence-electron chi connectivity index (χ1n) is 35.4. The van der Waals surface area contributed by atoms with Crippen LogP contribution in [0.15, 0.2) is 0 Å². The standard InChI is InChI=1S/C68H132O17P2/c1-8-10-11-32-42-49-65(70)78-55-63(85-68(73)52-45-38-31-30-35-41-48-61(7)9-2)57-82-86(74,75)80-53-62(69)54-81-87(76,77)83-58-64(56-79-66(71)50-43-36-28-24-20-17-16-19-23-27-34-40-47-60(5)6)84-67(72)51-44-37-29-25-21-15-13-12-14-18-22-26-33-39-46-59(3)4/h59-64,69H,8-58H2,1-7H3,(H,74,75)(H,76,77)/t61?,62-,63+,64+/m0/s1. The lowest BCUT2D eigenvalue weighted by Gasteiger charge is -2.21. The van der Waals surface area contributed by atoms with Crippen LogP contribution < -0.4 is 0 Å². The number of aliphatic hydroxyl groups is 1. The summed E-state index contributed by atoms with van der Waals surface area (Å²) in [6.07, 6.45) is 42.1. The van der Waals surface area contributed by atoms with Crippen LogP contribution in [-0.2, 0) is 65.4 Å². The van der Waals surface area contributed by atoms with Crippen molar-refractivity contribution in [2.45, 2.75) is 356 Å². The van der Waals surface area contributed by atoms with Crippen molar-refractivity contribution in [2.75, 3.05) is 39.6 Å². The minimum absolute atomic E-state index is 0.102. The molecule has 0 aliphatic rings. The third-order valence-corrected chi connectivity index (χ3v) is 17.9. The van der Waals surface area contributed by atoms with Crippen LogP contribution in [-0.4, -0.2) is 96.7 Å². The summed E-state index contributed by atoms with van der Waals surface area (Å²) in [6.45, 7) is 11.7. The minimum atomic E-state index is -4.95. The molecule has 0 saturated carbocycles. The first-order valence-corrected chi connectivity index (χ1v) is 38.4. The Labute approximate surface area is 530 Å². The molecule has 0 radical (unpaired) electrons. The monoisotopic (exact) mass is 1280 g/mol. The van der Waals surface area contributed by atoms with Gasteiger partial charge in [0.05, 0.1) is 26.4 Å². The van der Waals surface area contributed by atoms with Gasteiger partial charge in [0.1, 0.15) is 19.3 Å². The number of esters is 4. The van der Waals surface area contributed by atoms with E-state index in [-0.39, 0.29) is 25.7 Å². The quantitative estimate of drug-likeness (QED) is 0.0222. The fourth-order valence-corrected chi connectivity index (χ4v) is 11.7. The van der Waals surface area contributed by atoms with Gasteiger partial charge in [0.25, 0.3) is 0 Å². The number of phosphoric acid groups is 2. The van der Waals surface area contributed by atoms with Gasteiger partial charge in [-0.25, -0.2) is 9.13 Å². The van der Waals surface area contributed by atoms with Gasteiger partial charge in [-0.1, -0.05) is 286 Å². The van der Waals surface area contributed by atoms with Gasteiger partial charge in [-0.15, -0.1) is 0 Å². The molecule has 0 aromatic heterocycles. The van der Waals surface area contributed by atoms with Crippen LogP contribution in [0.2, 0.25) is 0 Å². The van der Waals surface area contributed by atoms with Crippen LogP contribution in [0.4, 0.5) is 0 Å². The lowest BCUT2D eigenvalue weighted by atomic mass is 10.00. The Balaban J connectivity index is 5.17. The van der Waals surface area contributed by atoms with Crippen molar-refractivity contribution in [3.8, 4) is 0 Å². The molecule has 0 aromatic carbocycles. The van der Waals surface area contributed by atoms with E-state index in [4.69, 9.17) is 37.0 Å². The second-order valence-electron chi connectivity index (χ2n) is 25.8. The van der Waals surface area contributed by atoms with E-state index in [0.717, 1.165) is 114 Å². The highest BCUT2D eigenvalue weighted by Crippen LogP contribution is 2.45. The zero-order valence-corrected chi connectivity index (χ0v) is 58.3. The van der Waals surface area contributed by atoms with Crippen molar-refractivity contribution in [1.29, 1.82) is 0 Å². The molecule has 0 saturated heterocycles. The van der Waals surface area contributed by atoms with E-state index >= 15 is 0 Å². The lowest BCUT2D eigenvalue weighted by molar-refractivity contribution is -0.161. The highest BCUT2D eigenvalue weighted by Gasteiger charge is 2.30. The lowest BCUT2D eigenvalue weighted by Crippen LogP contribution is -2.30. The van der Waals surface area contributed by atoms with Gasteiger partial charge < -0.3 is 33.8 Å². The number of carbonyl (C=O) groups excluding carboxylic acids is 4. The number of phosphoric ester groups is 2. The molecule has 0 aromatic rings. The van der Waals surface area contributed by atoms with Crippen LogP contribution in [0.5, 0.6) is 0 Å². The zero-order valence-electron chi connectivity index (χ0n) is 56.5. The number of aliphatic hydroxyl groups excluding tert-OH is 1. The molecule has 87 heavy (non-hydrogen) atoms. The van der Waals surface area contributed by atoms with Crippen molar-refractivity contribution in [1.82, 2.24) is 0 Å². The largest absolute Gasteiger partial charge is 0.472 e. The molecular formula is C68H132O17P2. The molecule has 19 heteroatoms. The van der Waals surface area contributed by atoms with Gasteiger partial charge >= 0.3 is 39.5 Å². The van der Waals surface area contributed by atoms with E-state index in [1.165, 1.54) is 141 Å². The van der Waals surface area contributed by atoms with Crippen LogP contribution >= 0.6 is 15.6 Å². The average molecular weight is 1280 g/mol. The Bertz CT molecular complexity index is 1720. The molecule has 0 rings (SSSR count). The molecular weight excluding hydrogens is 1150 g/mol. The number of hydrogen-bond acceptors (Lipinski definition) is 15. The van der Waals surface area contributed by atoms with Crippen LogP contribution in [0.25, 0.3) is 0 Å². The van der Waals surface area contributed by atoms with Crippen molar-refractivity contribution in [3.05, 3.63) is 0 Å². The van der Waals surface area contributed by atoms with E-state index < -0.39 is 97.5 Å². The molecule has 3 N–H and O–H groups in total. The van der Waals surface area contributed by atoms with Crippen LogP contribution in [0, 0.1) is 17.8 Å². The summed E-state index contributed by atoms with van der Waals surface area (Å²) in [5.74, 6) is 0.155. The normalized spacial score (nSPS) is 14.6. The molecule has 6 atom stereocenters. The Morgan fingerprint density at radius 1 is 0.333 bits per heavy atom. The molecule has 0 fully saturated rings. The molecule has 0 spiro atoms. The summed E-state index contributed by atoms with van der Waals surface area (Å²) < 4.78 is 68.0. The molecule has 0 amide bonds. The van der Waals surface area contributed by atoms with Crippen LogP contribution in [0.3, 0.4) is 0 Å². The van der Waals surface area contributed by atoms with Crippen molar-refractivity contribution < 1.29 is 80.2 Å². The summed E-state index contributed by atoms with van der Waals surface area (Å²) >= 11 is 0. The summed E-state index contributed by atoms with van der Waals surface area (Å²) in [5, 5.41) is 10.5. The molecule has 516 valence electrons. The maximum atomic E-state index is 13.0. The Kier molecular flexibility index (Phi) is 57.8. The molecule has 3 unspecified atom stereocenters. The Morgan fingerprint density at radius 3 is 0.874 bits per heavy atom. The van der Waals surface area contributed by atoms with Gasteiger partial charge in [-0.2, -0.15) is 0 Å². The number of rotatable bonds is 66. The molecule has 0 aliphatic carbocycles. The second-order valence-corrected chi connectivity index (χ2v) is 28.7. The number of ether oxygens (including phenoxy) is 4. The average Bonchev–Trinajstić information content (AvgIpc) is 3.66. The first-order chi connectivity index (χ1) is 41.8. The fourth-order valence-electron chi connectivity index (χ4n) is 10.2. The molecule has 17 nitrogen and oxygen atoms in total. The number of hydrogen-bond donors (Lipinski definition) is 3. The van der Waals surface area contributed by atoms with Gasteiger partial charge in [0.15, 0.2) is 12.2 Å². The van der Waals surface area contributed by atoms with Crippen LogP contribution in [0.1, 0.15) is 337 Å². The third-order valence-electron chi connectivity index (χ3n) is 16.0. The SMILES string of the molecule is CCCCCCCC(=O)OC[C@H](COP(=O)(O)OC[C@H](O)COP(=O)(O)OC[C@@H](COC(=O)CCCCCCCCCCCCCCC(C)C)OC(=O)CCCCCCCCCCCCCCCCC(C)C)OC(=O)CCCCCCCCC(C)CC. The highest BCUT2D eigenvalue weighted by molar-refractivity contribution is 7.47. The van der Waals surface area contributed by atoms with E-state index in [1.807, 2.05) is 0 Å². The van der Waals surface area contributed by atoms with Gasteiger partial charge in [-0.05, 0) is 43.4 Å². The molecule has 0 bridgehead atoms. The van der Waals surface area contributed by atoms with Gasteiger partial charge in [-0.3, -0.25) is 37.3 Å². The maximum absolute atomic E-state index is 13.0. The fraction of sp³-hybridized carbons (Fsp3) is 0.941. The Morgan fingerprint density at radius 2 is 0.586 bits per heavy atom. The van der Waals surface area contributed by atoms with Crippen molar-refractivity contribution in [2.24, 2.45) is 17.8 Å². The molecule has 0 heterocycles. The second kappa shape index (κ2) is 59.1. The van der Waals surface area contributed by atoms with E-state index in [2.05, 4.69) is 48.5 Å². The summed E-state index contributed by atoms with van der Waals surface area (Å²) in [4.78, 5) is 72.2. The number of carbonyl (C=O) groups is 4. The summed E-state index contributed by atoms with van der Waals surface area (Å²) in [6, 6.07) is 0. The molecule has 0 aliphatic heterocycles. The topological polar surface area (TPSA) is 237 Å². The summed E-state index contributed by atoms with van der Waals surface area (Å²) in [7, 11) is -9.89. The van der Waals surface area contributed by atoms with Crippen molar-refractivity contribution in [3.63, 3.8) is 0 Å². The summed E-state index contributed by atoms with van der Waals surface area (Å²) in [5.41, 5.74) is 0. The predicted octanol–water partition coefficient (Wildman–Crippen LogP) is 19.1. The maximum Gasteiger partial charge on any atom is 0.472 e. The van der Waals surface area contributed by atoms with Gasteiger partial charge in [0.2, 0.25) is 0 Å². The smallest absolute Gasteiger partial charge is 0.462 e. The van der Waals surface area contributed by atoms with Gasteiger partial charge in [0, 0.05) is 25.7 Å². The predicted molar refractivity (Wildman–Crippen MR) is 349 cm³/mol. The third kappa shape index (κ3) is 61.3. The van der Waals surface area contributed by atoms with Crippen molar-refractivity contribution >= 4 is 39.5 Å². The van der Waals surface area contributed by atoms with E-state index in [1.54, 1.807) is 0 Å². The minimum Gasteiger partial charge on any atom is -0.462 e. The highest BCUT2D eigenvalue weighted by atomic mass is 31.2. The van der Waals surface area contributed by atoms with E-state index in [0.29, 0.717) is 25.7 Å². The van der Waals surface area contributed by atoms with E-state index in [9.17, 15) is 43.2 Å². The zero-order chi connectivity index (χ0) is 64.5. The Hall–Kier alpha value is -1.94. The number of unbranched alkanes of at least 4 members (excludes halogenated alkanes) is 33.